The second-order valence-corrected chi connectivity index (χ2v) is 13.3. The van der Waals surface area contributed by atoms with Crippen molar-refractivity contribution in [1.29, 1.82) is 0 Å². The van der Waals surface area contributed by atoms with Gasteiger partial charge in [0.05, 0.1) is 45.6 Å². The molecule has 2 aromatic carbocycles. The molecule has 1 aliphatic rings. The van der Waals surface area contributed by atoms with Crippen molar-refractivity contribution in [2.45, 2.75) is 68.7 Å². The third-order valence-corrected chi connectivity index (χ3v) is 9.23. The summed E-state index contributed by atoms with van der Waals surface area (Å²) < 4.78 is 49.1. The molecule has 2 N–H and O–H groups in total. The Morgan fingerprint density at radius 2 is 1.93 bits per heavy atom. The number of pyridine rings is 1. The first kappa shape index (κ1) is 27.7. The van der Waals surface area contributed by atoms with Crippen LogP contribution in [0.2, 0.25) is 0 Å². The van der Waals surface area contributed by atoms with Gasteiger partial charge in [0.25, 0.3) is 0 Å². The average Bonchev–Trinajstić information content (AvgIpc) is 3.35. The van der Waals surface area contributed by atoms with Gasteiger partial charge in [-0.05, 0) is 76.4 Å². The Hall–Kier alpha value is -3.83. The zero-order chi connectivity index (χ0) is 28.8. The standard InChI is InChI=1S/C29H31FN4O5S/c1-17-25(8-5-18(28(17)30)11-27(36)33-19-15-32-34(16-19)29(2,3)4)39-26-9-10-31-24-7-6-21(14-23(24)26)40(37,38)22-12-20(35)13-22/h5-10,14-16,20,22,35H,11-13H2,1-4H3,(H,33,36). The SMILES string of the molecule is Cc1c(Oc2ccnc3ccc(S(=O)(=O)C4CC(O)C4)cc23)ccc(CC(=O)Nc2cnn(C(C)(C)C)c2)c1F. The topological polar surface area (TPSA) is 123 Å². The number of aromatic nitrogens is 3. The summed E-state index contributed by atoms with van der Waals surface area (Å²) >= 11 is 0. The Balaban J connectivity index is 1.35. The first-order valence-electron chi connectivity index (χ1n) is 12.9. The van der Waals surface area contributed by atoms with Crippen molar-refractivity contribution in [2.24, 2.45) is 0 Å². The highest BCUT2D eigenvalue weighted by atomic mass is 32.2. The number of sulfone groups is 1. The van der Waals surface area contributed by atoms with Gasteiger partial charge in [-0.1, -0.05) is 6.07 Å². The molecule has 0 saturated heterocycles. The van der Waals surface area contributed by atoms with Crippen LogP contribution in [0.25, 0.3) is 10.9 Å². The number of anilines is 1. The van der Waals surface area contributed by atoms with E-state index < -0.39 is 27.0 Å². The number of carbonyl (C=O) groups is 1. The van der Waals surface area contributed by atoms with Crippen molar-refractivity contribution in [3.05, 3.63) is 71.9 Å². The Bertz CT molecular complexity index is 1710. The minimum Gasteiger partial charge on any atom is -0.456 e. The monoisotopic (exact) mass is 566 g/mol. The van der Waals surface area contributed by atoms with E-state index in [1.54, 1.807) is 42.2 Å². The lowest BCUT2D eigenvalue weighted by molar-refractivity contribution is -0.115. The van der Waals surface area contributed by atoms with Crippen LogP contribution in [0.15, 0.2) is 59.9 Å². The Labute approximate surface area is 231 Å². The molecule has 0 unspecified atom stereocenters. The first-order valence-corrected chi connectivity index (χ1v) is 14.5. The number of hydrogen-bond donors (Lipinski definition) is 2. The second kappa shape index (κ2) is 10.3. The number of carbonyl (C=O) groups excluding carboxylic acids is 1. The third-order valence-electron chi connectivity index (χ3n) is 7.05. The van der Waals surface area contributed by atoms with Crippen molar-refractivity contribution in [2.75, 3.05) is 5.32 Å². The number of halogens is 1. The molecule has 2 aromatic heterocycles. The molecular weight excluding hydrogens is 535 g/mol. The Morgan fingerprint density at radius 1 is 1.18 bits per heavy atom. The minimum atomic E-state index is -3.62. The number of ether oxygens (including phenoxy) is 1. The first-order chi connectivity index (χ1) is 18.8. The summed E-state index contributed by atoms with van der Waals surface area (Å²) in [5, 5.41) is 16.4. The molecule has 1 amide bonds. The molecule has 0 atom stereocenters. The molecule has 5 rings (SSSR count). The van der Waals surface area contributed by atoms with Gasteiger partial charge in [-0.25, -0.2) is 12.8 Å². The fraction of sp³-hybridized carbons (Fsp3) is 0.345. The zero-order valence-corrected chi connectivity index (χ0v) is 23.5. The predicted octanol–water partition coefficient (Wildman–Crippen LogP) is 4.90. The van der Waals surface area contributed by atoms with Crippen LogP contribution >= 0.6 is 0 Å². The normalized spacial score (nSPS) is 17.4. The molecule has 9 nitrogen and oxygen atoms in total. The molecule has 1 fully saturated rings. The summed E-state index contributed by atoms with van der Waals surface area (Å²) in [7, 11) is -3.62. The highest BCUT2D eigenvalue weighted by Crippen LogP contribution is 2.36. The second-order valence-electron chi connectivity index (χ2n) is 11.1. The lowest BCUT2D eigenvalue weighted by atomic mass is 9.96. The number of hydrogen-bond acceptors (Lipinski definition) is 7. The fourth-order valence-electron chi connectivity index (χ4n) is 4.57. The van der Waals surface area contributed by atoms with Gasteiger partial charge in [0.1, 0.15) is 17.3 Å². The average molecular weight is 567 g/mol. The van der Waals surface area contributed by atoms with Crippen LogP contribution in [0.3, 0.4) is 0 Å². The number of benzene rings is 2. The molecule has 4 aromatic rings. The van der Waals surface area contributed by atoms with E-state index in [1.165, 1.54) is 24.4 Å². The van der Waals surface area contributed by atoms with Gasteiger partial charge < -0.3 is 15.2 Å². The van der Waals surface area contributed by atoms with Gasteiger partial charge in [-0.3, -0.25) is 14.5 Å². The quantitative estimate of drug-likeness (QED) is 0.326. The molecule has 11 heteroatoms. The Morgan fingerprint density at radius 3 is 2.60 bits per heavy atom. The predicted molar refractivity (Wildman–Crippen MR) is 149 cm³/mol. The van der Waals surface area contributed by atoms with Crippen molar-refractivity contribution in [3.8, 4) is 11.5 Å². The van der Waals surface area contributed by atoms with E-state index in [2.05, 4.69) is 15.4 Å². The number of aliphatic hydroxyl groups excluding tert-OH is 1. The molecule has 0 spiro atoms. The van der Waals surface area contributed by atoms with E-state index in [-0.39, 0.29) is 52.5 Å². The molecule has 0 aliphatic heterocycles. The summed E-state index contributed by atoms with van der Waals surface area (Å²) in [6.07, 6.45) is 4.44. The molecule has 0 radical (unpaired) electrons. The van der Waals surface area contributed by atoms with E-state index >= 15 is 4.39 Å². The van der Waals surface area contributed by atoms with Crippen molar-refractivity contribution in [1.82, 2.24) is 14.8 Å². The van der Waals surface area contributed by atoms with Crippen LogP contribution < -0.4 is 10.1 Å². The van der Waals surface area contributed by atoms with Gasteiger partial charge in [0.2, 0.25) is 5.91 Å². The maximum atomic E-state index is 15.3. The van der Waals surface area contributed by atoms with E-state index in [4.69, 9.17) is 4.74 Å². The van der Waals surface area contributed by atoms with Gasteiger partial charge in [0, 0.05) is 23.3 Å². The van der Waals surface area contributed by atoms with Crippen LogP contribution in [-0.4, -0.2) is 45.5 Å². The van der Waals surface area contributed by atoms with E-state index in [9.17, 15) is 18.3 Å². The van der Waals surface area contributed by atoms with E-state index in [0.29, 0.717) is 22.3 Å². The lowest BCUT2D eigenvalue weighted by Crippen LogP contribution is -2.39. The third kappa shape index (κ3) is 5.44. The summed E-state index contributed by atoms with van der Waals surface area (Å²) in [5.41, 5.74) is 1.23. The molecule has 1 aliphatic carbocycles. The number of nitrogens with zero attached hydrogens (tertiary/aromatic N) is 3. The van der Waals surface area contributed by atoms with Crippen molar-refractivity contribution < 1.29 is 27.4 Å². The van der Waals surface area contributed by atoms with Crippen molar-refractivity contribution in [3.63, 3.8) is 0 Å². The Kier molecular flexibility index (Phi) is 7.13. The number of nitrogens with one attached hydrogen (secondary N) is 1. The van der Waals surface area contributed by atoms with Crippen LogP contribution in [0.1, 0.15) is 44.7 Å². The largest absolute Gasteiger partial charge is 0.456 e. The maximum absolute atomic E-state index is 15.3. The van der Waals surface area contributed by atoms with Gasteiger partial charge >= 0.3 is 0 Å². The van der Waals surface area contributed by atoms with Crippen LogP contribution in [0, 0.1) is 12.7 Å². The number of aliphatic hydroxyl groups is 1. The molecule has 0 bridgehead atoms. The van der Waals surface area contributed by atoms with Crippen LogP contribution in [-0.2, 0) is 26.6 Å². The highest BCUT2D eigenvalue weighted by molar-refractivity contribution is 7.92. The number of fused-ring (bicyclic) bond motifs is 1. The van der Waals surface area contributed by atoms with Gasteiger partial charge in [0.15, 0.2) is 9.84 Å². The molecule has 40 heavy (non-hydrogen) atoms. The summed E-state index contributed by atoms with van der Waals surface area (Å²) in [4.78, 5) is 17.0. The summed E-state index contributed by atoms with van der Waals surface area (Å²) in [6, 6.07) is 9.27. The van der Waals surface area contributed by atoms with Gasteiger partial charge in [-0.15, -0.1) is 0 Å². The lowest BCUT2D eigenvalue weighted by Gasteiger charge is -2.30. The zero-order valence-electron chi connectivity index (χ0n) is 22.7. The smallest absolute Gasteiger partial charge is 0.228 e. The molecule has 2 heterocycles. The van der Waals surface area contributed by atoms with E-state index in [1.807, 2.05) is 20.8 Å². The molecular formula is C29H31FN4O5S. The highest BCUT2D eigenvalue weighted by Gasteiger charge is 2.38. The summed E-state index contributed by atoms with van der Waals surface area (Å²) in [5.74, 6) is -0.396. The number of amides is 1. The van der Waals surface area contributed by atoms with Crippen LogP contribution in [0.4, 0.5) is 10.1 Å². The molecule has 1 saturated carbocycles. The number of rotatable bonds is 7. The van der Waals surface area contributed by atoms with Crippen LogP contribution in [0.5, 0.6) is 11.5 Å². The summed E-state index contributed by atoms with van der Waals surface area (Å²) in [6.45, 7) is 7.53. The van der Waals surface area contributed by atoms with E-state index in [0.717, 1.165) is 0 Å². The fourth-order valence-corrected chi connectivity index (χ4v) is 6.45. The molecule has 210 valence electrons. The van der Waals surface area contributed by atoms with Gasteiger partial charge in [-0.2, -0.15) is 5.10 Å². The minimum absolute atomic E-state index is 0.118. The maximum Gasteiger partial charge on any atom is 0.228 e. The van der Waals surface area contributed by atoms with Crippen molar-refractivity contribution >= 4 is 32.3 Å².